The number of benzene rings is 2. The van der Waals surface area contributed by atoms with Crippen molar-refractivity contribution in [1.29, 1.82) is 0 Å². The zero-order chi connectivity index (χ0) is 13.0. The first kappa shape index (κ1) is 12.8. The summed E-state index contributed by atoms with van der Waals surface area (Å²) in [5, 5.41) is 11.5. The first-order chi connectivity index (χ1) is 8.70. The third-order valence-corrected chi connectivity index (χ3v) is 5.52. The molecule has 0 radical (unpaired) electrons. The maximum atomic E-state index is 11.3. The predicted molar refractivity (Wildman–Crippen MR) is 76.2 cm³/mol. The quantitative estimate of drug-likeness (QED) is 0.856. The van der Waals surface area contributed by atoms with Gasteiger partial charge in [0.05, 0.1) is 5.66 Å². The van der Waals surface area contributed by atoms with Crippen molar-refractivity contribution in [3.8, 4) is 0 Å². The highest BCUT2D eigenvalue weighted by molar-refractivity contribution is 7.74. The molecular formula is C15H15O2P. The third kappa shape index (κ3) is 2.77. The van der Waals surface area contributed by atoms with Crippen LogP contribution >= 0.6 is 7.92 Å². The molecule has 2 aromatic carbocycles. The molecule has 3 heteroatoms. The van der Waals surface area contributed by atoms with Crippen molar-refractivity contribution in [3.05, 3.63) is 60.7 Å². The molecule has 1 atom stereocenters. The van der Waals surface area contributed by atoms with Crippen LogP contribution < -0.4 is 10.6 Å². The van der Waals surface area contributed by atoms with Gasteiger partial charge in [-0.1, -0.05) is 60.7 Å². The van der Waals surface area contributed by atoms with Crippen LogP contribution in [-0.4, -0.2) is 16.7 Å². The summed E-state index contributed by atoms with van der Waals surface area (Å²) >= 11 is 0. The van der Waals surface area contributed by atoms with Crippen molar-refractivity contribution in [2.45, 2.75) is 12.6 Å². The normalized spacial score (nSPS) is 12.3. The van der Waals surface area contributed by atoms with E-state index in [1.807, 2.05) is 60.7 Å². The average Bonchev–Trinajstić information content (AvgIpc) is 2.41. The highest BCUT2D eigenvalue weighted by Gasteiger charge is 2.25. The molecule has 0 aliphatic heterocycles. The fourth-order valence-electron chi connectivity index (χ4n) is 1.88. The van der Waals surface area contributed by atoms with Crippen LogP contribution in [0.1, 0.15) is 6.92 Å². The Morgan fingerprint density at radius 1 is 0.944 bits per heavy atom. The minimum Gasteiger partial charge on any atom is -0.481 e. The molecule has 0 spiro atoms. The maximum Gasteiger partial charge on any atom is 0.311 e. The van der Waals surface area contributed by atoms with E-state index in [1.54, 1.807) is 6.92 Å². The lowest BCUT2D eigenvalue weighted by molar-refractivity contribution is -0.136. The van der Waals surface area contributed by atoms with Crippen molar-refractivity contribution < 1.29 is 9.90 Å². The highest BCUT2D eigenvalue weighted by atomic mass is 31.1. The van der Waals surface area contributed by atoms with Gasteiger partial charge in [-0.2, -0.15) is 0 Å². The molecule has 2 aromatic rings. The van der Waals surface area contributed by atoms with Crippen molar-refractivity contribution in [2.75, 3.05) is 0 Å². The molecule has 2 nitrogen and oxygen atoms in total. The Labute approximate surface area is 108 Å². The number of carbonyl (C=O) groups is 1. The van der Waals surface area contributed by atoms with Crippen LogP contribution in [-0.2, 0) is 4.79 Å². The summed E-state index contributed by atoms with van der Waals surface area (Å²) < 4.78 is 0. The molecule has 0 fully saturated rings. The number of hydrogen-bond donors (Lipinski definition) is 1. The van der Waals surface area contributed by atoms with Gasteiger partial charge < -0.3 is 5.11 Å². The van der Waals surface area contributed by atoms with Crippen LogP contribution in [0.3, 0.4) is 0 Å². The van der Waals surface area contributed by atoms with Gasteiger partial charge in [0.1, 0.15) is 0 Å². The lowest BCUT2D eigenvalue weighted by atomic mass is 10.4. The first-order valence-corrected chi connectivity index (χ1v) is 7.23. The summed E-state index contributed by atoms with van der Waals surface area (Å²) in [6, 6.07) is 19.8. The van der Waals surface area contributed by atoms with E-state index < -0.39 is 13.9 Å². The fourth-order valence-corrected chi connectivity index (χ4v) is 4.28. The van der Waals surface area contributed by atoms with E-state index in [0.29, 0.717) is 0 Å². The van der Waals surface area contributed by atoms with Crippen LogP contribution in [0.15, 0.2) is 60.7 Å². The van der Waals surface area contributed by atoms with Gasteiger partial charge in [-0.05, 0) is 25.5 Å². The monoisotopic (exact) mass is 258 g/mol. The Hall–Kier alpha value is -1.66. The second-order valence-electron chi connectivity index (χ2n) is 4.06. The van der Waals surface area contributed by atoms with Gasteiger partial charge >= 0.3 is 5.97 Å². The average molecular weight is 258 g/mol. The summed E-state index contributed by atoms with van der Waals surface area (Å²) in [7, 11) is -0.851. The summed E-state index contributed by atoms with van der Waals surface area (Å²) in [4.78, 5) is 11.3. The minimum absolute atomic E-state index is 0.384. The summed E-state index contributed by atoms with van der Waals surface area (Å²) in [6.45, 7) is 1.79. The van der Waals surface area contributed by atoms with E-state index >= 15 is 0 Å². The van der Waals surface area contributed by atoms with Crippen LogP contribution in [0.5, 0.6) is 0 Å². The first-order valence-electron chi connectivity index (χ1n) is 5.82. The van der Waals surface area contributed by atoms with Gasteiger partial charge in [-0.3, -0.25) is 4.79 Å². The van der Waals surface area contributed by atoms with Crippen LogP contribution in [0.2, 0.25) is 0 Å². The standard InChI is InChI=1S/C15H15O2P/c1-12(15(16)17)18(13-8-4-2-5-9-13)14-10-6-3-7-11-14/h2-12H,1H3,(H,16,17)/t12-/m0/s1. The second kappa shape index (κ2) is 5.79. The van der Waals surface area contributed by atoms with Crippen LogP contribution in [0.25, 0.3) is 0 Å². The lowest BCUT2D eigenvalue weighted by Crippen LogP contribution is -2.25. The fraction of sp³-hybridized carbons (Fsp3) is 0.133. The largest absolute Gasteiger partial charge is 0.481 e. The molecule has 0 heterocycles. The number of aliphatic carboxylic acids is 1. The molecule has 0 saturated heterocycles. The van der Waals surface area contributed by atoms with E-state index in [0.717, 1.165) is 10.6 Å². The van der Waals surface area contributed by atoms with Crippen LogP contribution in [0.4, 0.5) is 0 Å². The summed E-state index contributed by atoms with van der Waals surface area (Å²) in [5.74, 6) is -0.742. The minimum atomic E-state index is -0.851. The van der Waals surface area contributed by atoms with Gasteiger partial charge in [-0.15, -0.1) is 0 Å². The number of rotatable bonds is 4. The van der Waals surface area contributed by atoms with E-state index in [4.69, 9.17) is 0 Å². The molecule has 2 rings (SSSR count). The molecule has 0 aliphatic rings. The Balaban J connectivity index is 2.45. The Morgan fingerprint density at radius 2 is 1.33 bits per heavy atom. The molecule has 0 amide bonds. The van der Waals surface area contributed by atoms with E-state index in [-0.39, 0.29) is 5.66 Å². The maximum absolute atomic E-state index is 11.3. The molecule has 92 valence electrons. The third-order valence-electron chi connectivity index (χ3n) is 2.81. The molecule has 18 heavy (non-hydrogen) atoms. The number of carboxylic acids is 1. The predicted octanol–water partition coefficient (Wildman–Crippen LogP) is 2.59. The van der Waals surface area contributed by atoms with Gasteiger partial charge in [0.2, 0.25) is 0 Å². The molecule has 0 aliphatic carbocycles. The second-order valence-corrected chi connectivity index (χ2v) is 6.60. The van der Waals surface area contributed by atoms with E-state index in [2.05, 4.69) is 0 Å². The van der Waals surface area contributed by atoms with Crippen molar-refractivity contribution in [1.82, 2.24) is 0 Å². The Kier molecular flexibility index (Phi) is 4.11. The van der Waals surface area contributed by atoms with Crippen molar-refractivity contribution in [2.24, 2.45) is 0 Å². The zero-order valence-electron chi connectivity index (χ0n) is 10.2. The number of hydrogen-bond acceptors (Lipinski definition) is 1. The molecule has 0 unspecified atom stereocenters. The molecule has 1 N–H and O–H groups in total. The van der Waals surface area contributed by atoms with Crippen LogP contribution in [0, 0.1) is 0 Å². The van der Waals surface area contributed by atoms with Crippen molar-refractivity contribution >= 4 is 24.5 Å². The lowest BCUT2D eigenvalue weighted by Gasteiger charge is -2.22. The van der Waals surface area contributed by atoms with Crippen molar-refractivity contribution in [3.63, 3.8) is 0 Å². The Bertz CT molecular complexity index is 471. The smallest absolute Gasteiger partial charge is 0.311 e. The Morgan fingerprint density at radius 3 is 1.67 bits per heavy atom. The van der Waals surface area contributed by atoms with E-state index in [1.165, 1.54) is 0 Å². The highest BCUT2D eigenvalue weighted by Crippen LogP contribution is 2.39. The van der Waals surface area contributed by atoms with Gasteiger partial charge in [-0.25, -0.2) is 0 Å². The van der Waals surface area contributed by atoms with Gasteiger partial charge in [0.25, 0.3) is 0 Å². The number of carboxylic acid groups (broad SMARTS) is 1. The van der Waals surface area contributed by atoms with Gasteiger partial charge in [0.15, 0.2) is 0 Å². The topological polar surface area (TPSA) is 37.3 Å². The summed E-state index contributed by atoms with van der Waals surface area (Å²) in [6.07, 6.45) is 0. The summed E-state index contributed by atoms with van der Waals surface area (Å²) in [5.41, 5.74) is -0.384. The van der Waals surface area contributed by atoms with E-state index in [9.17, 15) is 9.90 Å². The zero-order valence-corrected chi connectivity index (χ0v) is 11.0. The molecule has 0 aromatic heterocycles. The molecular weight excluding hydrogens is 243 g/mol. The molecule has 0 bridgehead atoms. The molecule has 0 saturated carbocycles. The SMILES string of the molecule is C[C@@H](C(=O)O)P(c1ccccc1)c1ccccc1. The van der Waals surface area contributed by atoms with Gasteiger partial charge in [0, 0.05) is 0 Å².